The molecule has 4 N–H and O–H groups in total. The van der Waals surface area contributed by atoms with Gasteiger partial charge in [-0.25, -0.2) is 9.78 Å². The first-order chi connectivity index (χ1) is 17.1. The van der Waals surface area contributed by atoms with Gasteiger partial charge in [0, 0.05) is 17.6 Å². The van der Waals surface area contributed by atoms with E-state index in [1.165, 1.54) is 21.6 Å². The zero-order valence-electron chi connectivity index (χ0n) is 19.3. The van der Waals surface area contributed by atoms with Crippen LogP contribution >= 0.6 is 11.6 Å². The van der Waals surface area contributed by atoms with Crippen LogP contribution in [0.4, 0.5) is 10.5 Å². The van der Waals surface area contributed by atoms with E-state index in [0.717, 1.165) is 0 Å². The molecule has 184 valence electrons. The van der Waals surface area contributed by atoms with Gasteiger partial charge < -0.3 is 15.9 Å². The molecule has 0 aliphatic heterocycles. The van der Waals surface area contributed by atoms with E-state index in [-0.39, 0.29) is 30.2 Å². The number of carboxylic acids is 1. The number of primary amides is 1. The third-order valence-electron chi connectivity index (χ3n) is 5.99. The van der Waals surface area contributed by atoms with Crippen molar-refractivity contribution in [1.29, 1.82) is 0 Å². The predicted molar refractivity (Wildman–Crippen MR) is 136 cm³/mol. The van der Waals surface area contributed by atoms with E-state index >= 15 is 0 Å². The zero-order valence-corrected chi connectivity index (χ0v) is 20.0. The summed E-state index contributed by atoms with van der Waals surface area (Å²) in [6.45, 7) is 1.44. The molecule has 0 aliphatic carbocycles. The Morgan fingerprint density at radius 3 is 2.47 bits per heavy atom. The summed E-state index contributed by atoms with van der Waals surface area (Å²) in [5.41, 5.74) is 4.94. The Hall–Kier alpha value is -4.37. The fourth-order valence-electron chi connectivity index (χ4n) is 4.34. The molecule has 0 bridgehead atoms. The van der Waals surface area contributed by atoms with E-state index < -0.39 is 23.1 Å². The fourth-order valence-corrected chi connectivity index (χ4v) is 4.53. The maximum absolute atomic E-state index is 13.6. The maximum atomic E-state index is 13.6. The Morgan fingerprint density at radius 1 is 1.08 bits per heavy atom. The van der Waals surface area contributed by atoms with Crippen LogP contribution in [0.15, 0.2) is 77.6 Å². The molecule has 1 heterocycles. The van der Waals surface area contributed by atoms with E-state index in [0.29, 0.717) is 21.5 Å². The van der Waals surface area contributed by atoms with Crippen LogP contribution < -0.4 is 16.2 Å². The van der Waals surface area contributed by atoms with Crippen molar-refractivity contribution in [3.8, 4) is 5.75 Å². The van der Waals surface area contributed by atoms with Crippen LogP contribution in [0, 0.1) is 0 Å². The van der Waals surface area contributed by atoms with Gasteiger partial charge in [0.1, 0.15) is 17.1 Å². The second kappa shape index (κ2) is 9.71. The second-order valence-electron chi connectivity index (χ2n) is 8.33. The maximum Gasteiger partial charge on any atom is 0.320 e. The molecule has 10 heteroatoms. The highest BCUT2D eigenvalue weighted by molar-refractivity contribution is 6.30. The van der Waals surface area contributed by atoms with Gasteiger partial charge in [0.05, 0.1) is 23.0 Å². The smallest absolute Gasteiger partial charge is 0.320 e. The van der Waals surface area contributed by atoms with Crippen LogP contribution in [0.3, 0.4) is 0 Å². The van der Waals surface area contributed by atoms with Crippen LogP contribution in [0.2, 0.25) is 5.02 Å². The van der Waals surface area contributed by atoms with Gasteiger partial charge >= 0.3 is 12.0 Å². The number of phenols is 1. The van der Waals surface area contributed by atoms with E-state index in [9.17, 15) is 24.6 Å². The van der Waals surface area contributed by atoms with Crippen molar-refractivity contribution in [2.75, 3.05) is 4.90 Å². The number of phenolic OH excluding ortho intramolecular Hbond substituents is 1. The number of anilines is 1. The number of benzene rings is 3. The molecule has 0 spiro atoms. The largest absolute Gasteiger partial charge is 0.508 e. The number of aromatic nitrogens is 2. The molecule has 4 aromatic rings. The van der Waals surface area contributed by atoms with Crippen LogP contribution in [0.1, 0.15) is 24.7 Å². The quantitative estimate of drug-likeness (QED) is 0.345. The minimum absolute atomic E-state index is 0.0804. The zero-order chi connectivity index (χ0) is 26.0. The molecule has 1 atom stereocenters. The van der Waals surface area contributed by atoms with Gasteiger partial charge in [-0.2, -0.15) is 0 Å². The fraction of sp³-hybridized carbons (Fsp3) is 0.154. The number of urea groups is 1. The number of rotatable bonds is 7. The standard InChI is InChI=1S/C26H23ClN4O5/c1-26(16-6-4-7-17(27)14-16,31(25(28)36)18-8-5-9-19(32)15-18)24-29-21-11-3-2-10-20(21)23(35)30(24)13-12-22(33)34/h2-11,14-15,32H,12-13H2,1H3,(H2,28,36)(H,33,34). The van der Waals surface area contributed by atoms with Crippen molar-refractivity contribution >= 4 is 40.2 Å². The Morgan fingerprint density at radius 2 is 1.81 bits per heavy atom. The number of hydrogen-bond acceptors (Lipinski definition) is 5. The molecular formula is C26H23ClN4O5. The number of fused-ring (bicyclic) bond motifs is 1. The van der Waals surface area contributed by atoms with Crippen molar-refractivity contribution in [2.45, 2.75) is 25.4 Å². The van der Waals surface area contributed by atoms with E-state index in [1.807, 2.05) is 0 Å². The summed E-state index contributed by atoms with van der Waals surface area (Å²) < 4.78 is 1.25. The summed E-state index contributed by atoms with van der Waals surface area (Å²) in [7, 11) is 0. The van der Waals surface area contributed by atoms with Gasteiger partial charge in [0.2, 0.25) is 0 Å². The number of nitrogens with two attached hydrogens (primary N) is 1. The first kappa shape index (κ1) is 24.7. The summed E-state index contributed by atoms with van der Waals surface area (Å²) in [5, 5.41) is 20.2. The molecule has 0 saturated heterocycles. The first-order valence-corrected chi connectivity index (χ1v) is 11.4. The Kier molecular flexibility index (Phi) is 6.67. The molecular weight excluding hydrogens is 484 g/mol. The number of carboxylic acid groups (broad SMARTS) is 1. The van der Waals surface area contributed by atoms with Gasteiger partial charge in [-0.15, -0.1) is 0 Å². The lowest BCUT2D eigenvalue weighted by Gasteiger charge is -2.41. The first-order valence-electron chi connectivity index (χ1n) is 11.0. The lowest BCUT2D eigenvalue weighted by atomic mass is 9.87. The van der Waals surface area contributed by atoms with E-state index in [4.69, 9.17) is 22.3 Å². The van der Waals surface area contributed by atoms with Crippen molar-refractivity contribution in [2.24, 2.45) is 5.73 Å². The summed E-state index contributed by atoms with van der Waals surface area (Å²) in [5.74, 6) is -1.14. The SMILES string of the molecule is CC(c1cccc(Cl)c1)(c1nc2ccccc2c(=O)n1CCC(=O)O)N(C(N)=O)c1cccc(O)c1. The average molecular weight is 507 g/mol. The lowest BCUT2D eigenvalue weighted by Crippen LogP contribution is -2.54. The Bertz CT molecular complexity index is 1540. The molecule has 0 aliphatic rings. The molecule has 0 radical (unpaired) electrons. The minimum Gasteiger partial charge on any atom is -0.508 e. The number of halogens is 1. The number of carbonyl (C=O) groups is 2. The van der Waals surface area contributed by atoms with Gasteiger partial charge in [-0.3, -0.25) is 19.1 Å². The summed E-state index contributed by atoms with van der Waals surface area (Å²) in [6.07, 6.45) is -0.360. The highest BCUT2D eigenvalue weighted by atomic mass is 35.5. The molecule has 4 rings (SSSR count). The third-order valence-corrected chi connectivity index (χ3v) is 6.22. The van der Waals surface area contributed by atoms with E-state index in [1.54, 1.807) is 67.6 Å². The number of hydrogen-bond donors (Lipinski definition) is 3. The van der Waals surface area contributed by atoms with Gasteiger partial charge in [-0.1, -0.05) is 41.9 Å². The summed E-state index contributed by atoms with van der Waals surface area (Å²) >= 11 is 6.32. The molecule has 9 nitrogen and oxygen atoms in total. The predicted octanol–water partition coefficient (Wildman–Crippen LogP) is 4.08. The monoisotopic (exact) mass is 506 g/mol. The highest BCUT2D eigenvalue weighted by Crippen LogP contribution is 2.40. The number of nitrogens with zero attached hydrogens (tertiary/aromatic N) is 3. The van der Waals surface area contributed by atoms with Gasteiger partial charge in [0.25, 0.3) is 5.56 Å². The minimum atomic E-state index is -1.55. The highest BCUT2D eigenvalue weighted by Gasteiger charge is 2.43. The third kappa shape index (κ3) is 4.48. The molecule has 0 saturated carbocycles. The van der Waals surface area contributed by atoms with Crippen LogP contribution in [0.5, 0.6) is 5.75 Å². The molecule has 1 unspecified atom stereocenters. The summed E-state index contributed by atoms with van der Waals surface area (Å²) in [4.78, 5) is 44.1. The summed E-state index contributed by atoms with van der Waals surface area (Å²) in [6, 6.07) is 18.3. The molecule has 2 amide bonds. The average Bonchev–Trinajstić information content (AvgIpc) is 2.83. The van der Waals surface area contributed by atoms with Crippen molar-refractivity contribution in [1.82, 2.24) is 9.55 Å². The Labute approximate surface area is 211 Å². The molecule has 1 aromatic heterocycles. The molecule has 0 fully saturated rings. The lowest BCUT2D eigenvalue weighted by molar-refractivity contribution is -0.137. The number of carbonyl (C=O) groups excluding carboxylic acids is 1. The van der Waals surface area contributed by atoms with Crippen molar-refractivity contribution in [3.05, 3.63) is 99.6 Å². The number of para-hydroxylation sites is 1. The number of aliphatic carboxylic acids is 1. The van der Waals surface area contributed by atoms with E-state index in [2.05, 4.69) is 0 Å². The molecule has 3 aromatic carbocycles. The van der Waals surface area contributed by atoms with Gasteiger partial charge in [-0.05, 0) is 48.9 Å². The van der Waals surface area contributed by atoms with Crippen LogP contribution in [-0.2, 0) is 16.9 Å². The van der Waals surface area contributed by atoms with Crippen LogP contribution in [0.25, 0.3) is 10.9 Å². The number of aromatic hydroxyl groups is 1. The van der Waals surface area contributed by atoms with Crippen LogP contribution in [-0.4, -0.2) is 31.8 Å². The number of amides is 2. The topological polar surface area (TPSA) is 139 Å². The van der Waals surface area contributed by atoms with Gasteiger partial charge in [0.15, 0.2) is 0 Å². The van der Waals surface area contributed by atoms with Crippen molar-refractivity contribution < 1.29 is 19.8 Å². The van der Waals surface area contributed by atoms with Crippen molar-refractivity contribution in [3.63, 3.8) is 0 Å². The Balaban J connectivity index is 2.14. The molecule has 36 heavy (non-hydrogen) atoms. The normalized spacial score (nSPS) is 12.7. The second-order valence-corrected chi connectivity index (χ2v) is 8.77.